The molecule has 0 radical (unpaired) electrons. The Kier molecular flexibility index (Phi) is 3.95. The fourth-order valence-corrected chi connectivity index (χ4v) is 2.94. The van der Waals surface area contributed by atoms with Crippen LogP contribution >= 0.6 is 0 Å². The van der Waals surface area contributed by atoms with Crippen LogP contribution in [-0.4, -0.2) is 29.9 Å². The number of aryl methyl sites for hydroxylation is 1. The van der Waals surface area contributed by atoms with Gasteiger partial charge in [-0.15, -0.1) is 0 Å². The first-order valence-corrected chi connectivity index (χ1v) is 7.97. The number of hydrogen-bond donors (Lipinski definition) is 1. The molecule has 0 unspecified atom stereocenters. The van der Waals surface area contributed by atoms with Gasteiger partial charge < -0.3 is 10.2 Å². The van der Waals surface area contributed by atoms with Crippen LogP contribution in [0.15, 0.2) is 18.2 Å². The summed E-state index contributed by atoms with van der Waals surface area (Å²) in [6.07, 6.45) is 6.86. The molecular weight excluding hydrogens is 248 g/mol. The molecule has 1 aromatic carbocycles. The maximum atomic E-state index is 12.7. The number of nitrogens with zero attached hydrogens (tertiary/aromatic N) is 1. The largest absolute Gasteiger partial charge is 0.385 e. The van der Waals surface area contributed by atoms with E-state index < -0.39 is 0 Å². The second-order valence-electron chi connectivity index (χ2n) is 5.99. The van der Waals surface area contributed by atoms with Gasteiger partial charge in [0.15, 0.2) is 0 Å². The normalized spacial score (nSPS) is 17.2. The number of benzene rings is 1. The van der Waals surface area contributed by atoms with E-state index in [4.69, 9.17) is 0 Å². The lowest BCUT2D eigenvalue weighted by molar-refractivity contribution is 0.0740. The summed E-state index contributed by atoms with van der Waals surface area (Å²) in [4.78, 5) is 14.8. The smallest absolute Gasteiger partial charge is 0.254 e. The van der Waals surface area contributed by atoms with Crippen LogP contribution in [0.5, 0.6) is 0 Å². The molecule has 0 aromatic heterocycles. The molecule has 1 heterocycles. The van der Waals surface area contributed by atoms with Crippen LogP contribution in [0.1, 0.15) is 54.9 Å². The number of carbonyl (C=O) groups is 1. The van der Waals surface area contributed by atoms with Crippen LogP contribution in [0.4, 0.5) is 5.69 Å². The predicted octanol–water partition coefficient (Wildman–Crippen LogP) is 3.45. The summed E-state index contributed by atoms with van der Waals surface area (Å²) >= 11 is 0. The molecule has 1 aromatic rings. The van der Waals surface area contributed by atoms with Crippen LogP contribution in [0.3, 0.4) is 0 Å². The van der Waals surface area contributed by atoms with E-state index in [1.54, 1.807) is 0 Å². The first kappa shape index (κ1) is 13.5. The summed E-state index contributed by atoms with van der Waals surface area (Å²) in [6.45, 7) is 4.14. The van der Waals surface area contributed by atoms with Gasteiger partial charge >= 0.3 is 0 Å². The number of fused-ring (bicyclic) bond motifs is 1. The van der Waals surface area contributed by atoms with E-state index in [-0.39, 0.29) is 5.91 Å². The summed E-state index contributed by atoms with van der Waals surface area (Å²) in [7, 11) is 0. The highest BCUT2D eigenvalue weighted by Crippen LogP contribution is 2.30. The lowest BCUT2D eigenvalue weighted by Gasteiger charge is -2.24. The predicted molar refractivity (Wildman–Crippen MR) is 82.2 cm³/mol. The fourth-order valence-electron chi connectivity index (χ4n) is 2.94. The molecule has 3 heteroatoms. The third kappa shape index (κ3) is 2.82. The first-order chi connectivity index (χ1) is 9.79. The number of anilines is 1. The summed E-state index contributed by atoms with van der Waals surface area (Å²) in [5, 5.41) is 3.40. The Morgan fingerprint density at radius 2 is 2.25 bits per heavy atom. The molecule has 3 nitrogen and oxygen atoms in total. The summed E-state index contributed by atoms with van der Waals surface area (Å²) in [5.41, 5.74) is 3.38. The van der Waals surface area contributed by atoms with Crippen molar-refractivity contribution in [3.63, 3.8) is 0 Å². The molecule has 1 N–H and O–H groups in total. The maximum Gasteiger partial charge on any atom is 0.254 e. The van der Waals surface area contributed by atoms with Gasteiger partial charge in [-0.3, -0.25) is 4.79 Å². The molecule has 0 saturated heterocycles. The number of unbranched alkanes of at least 4 members (excludes halogenated alkanes) is 1. The van der Waals surface area contributed by atoms with Gasteiger partial charge in [-0.05, 0) is 55.9 Å². The number of hydrogen-bond acceptors (Lipinski definition) is 2. The molecule has 1 amide bonds. The minimum absolute atomic E-state index is 0.231. The van der Waals surface area contributed by atoms with Gasteiger partial charge in [-0.25, -0.2) is 0 Å². The zero-order valence-corrected chi connectivity index (χ0v) is 12.3. The lowest BCUT2D eigenvalue weighted by Crippen LogP contribution is -2.34. The molecule has 0 atom stereocenters. The van der Waals surface area contributed by atoms with Gasteiger partial charge in [0.05, 0.1) is 0 Å². The van der Waals surface area contributed by atoms with E-state index in [2.05, 4.69) is 29.3 Å². The van der Waals surface area contributed by atoms with E-state index in [1.165, 1.54) is 24.1 Å². The minimum Gasteiger partial charge on any atom is -0.385 e. The second kappa shape index (κ2) is 5.86. The molecule has 1 saturated carbocycles. The molecular formula is C17H24N2O. The molecule has 2 aliphatic rings. The zero-order chi connectivity index (χ0) is 13.9. The molecule has 1 fully saturated rings. The number of nitrogens with one attached hydrogen (secondary N) is 1. The van der Waals surface area contributed by atoms with E-state index in [1.807, 2.05) is 6.07 Å². The monoisotopic (exact) mass is 272 g/mol. The number of carbonyl (C=O) groups excluding carboxylic acids is 1. The van der Waals surface area contributed by atoms with Gasteiger partial charge in [0.2, 0.25) is 0 Å². The van der Waals surface area contributed by atoms with Crippen molar-refractivity contribution in [1.29, 1.82) is 0 Å². The Hall–Kier alpha value is -1.51. The quantitative estimate of drug-likeness (QED) is 0.890. The highest BCUT2D eigenvalue weighted by atomic mass is 16.2. The van der Waals surface area contributed by atoms with Crippen molar-refractivity contribution in [3.8, 4) is 0 Å². The summed E-state index contributed by atoms with van der Waals surface area (Å²) in [5.74, 6) is 0.231. The second-order valence-corrected chi connectivity index (χ2v) is 5.99. The third-order valence-electron chi connectivity index (χ3n) is 4.29. The van der Waals surface area contributed by atoms with Crippen LogP contribution in [0, 0.1) is 0 Å². The Morgan fingerprint density at radius 1 is 1.40 bits per heavy atom. The Balaban J connectivity index is 1.78. The van der Waals surface area contributed by atoms with E-state index >= 15 is 0 Å². The third-order valence-corrected chi connectivity index (χ3v) is 4.29. The first-order valence-electron chi connectivity index (χ1n) is 7.97. The highest BCUT2D eigenvalue weighted by Gasteiger charge is 2.32. The van der Waals surface area contributed by atoms with Gasteiger partial charge in [0, 0.05) is 30.4 Å². The average Bonchev–Trinajstić information content (AvgIpc) is 3.32. The van der Waals surface area contributed by atoms with E-state index in [0.717, 1.165) is 44.3 Å². The summed E-state index contributed by atoms with van der Waals surface area (Å²) < 4.78 is 0. The molecule has 1 aliphatic heterocycles. The van der Waals surface area contributed by atoms with Crippen molar-refractivity contribution in [2.24, 2.45) is 0 Å². The van der Waals surface area contributed by atoms with Gasteiger partial charge in [-0.2, -0.15) is 0 Å². The highest BCUT2D eigenvalue weighted by molar-refractivity contribution is 5.95. The minimum atomic E-state index is 0.231. The van der Waals surface area contributed by atoms with Crippen LogP contribution in [0.2, 0.25) is 0 Å². The molecule has 1 aliphatic carbocycles. The van der Waals surface area contributed by atoms with Crippen molar-refractivity contribution >= 4 is 11.6 Å². The van der Waals surface area contributed by atoms with Crippen molar-refractivity contribution in [3.05, 3.63) is 29.3 Å². The van der Waals surface area contributed by atoms with Gasteiger partial charge in [0.25, 0.3) is 5.91 Å². The van der Waals surface area contributed by atoms with Crippen molar-refractivity contribution < 1.29 is 4.79 Å². The molecule has 0 bridgehead atoms. The topological polar surface area (TPSA) is 32.3 Å². The van der Waals surface area contributed by atoms with Crippen molar-refractivity contribution in [2.45, 2.75) is 51.5 Å². The van der Waals surface area contributed by atoms with Gasteiger partial charge in [-0.1, -0.05) is 13.3 Å². The fraction of sp³-hybridized carbons (Fsp3) is 0.588. The SMILES string of the molecule is CCCCN(C(=O)c1ccc2c(c1)CCCN2)C1CC1. The average molecular weight is 272 g/mol. The standard InChI is InChI=1S/C17H24N2O/c1-2-3-11-19(15-7-8-15)17(20)14-6-9-16-13(12-14)5-4-10-18-16/h6,9,12,15,18H,2-5,7-8,10-11H2,1H3. The van der Waals surface area contributed by atoms with Crippen LogP contribution in [-0.2, 0) is 6.42 Å². The number of rotatable bonds is 5. The molecule has 0 spiro atoms. The van der Waals surface area contributed by atoms with Crippen molar-refractivity contribution in [1.82, 2.24) is 4.90 Å². The Bertz CT molecular complexity index is 494. The lowest BCUT2D eigenvalue weighted by atomic mass is 10.00. The number of amides is 1. The van der Waals surface area contributed by atoms with E-state index in [9.17, 15) is 4.79 Å². The van der Waals surface area contributed by atoms with Crippen molar-refractivity contribution in [2.75, 3.05) is 18.4 Å². The molecule has 20 heavy (non-hydrogen) atoms. The maximum absolute atomic E-state index is 12.7. The Morgan fingerprint density at radius 3 is 3.00 bits per heavy atom. The van der Waals surface area contributed by atoms with E-state index in [0.29, 0.717) is 6.04 Å². The molecule has 3 rings (SSSR count). The Labute approximate surface area is 121 Å². The summed E-state index contributed by atoms with van der Waals surface area (Å²) in [6, 6.07) is 6.67. The van der Waals surface area contributed by atoms with Crippen LogP contribution in [0.25, 0.3) is 0 Å². The van der Waals surface area contributed by atoms with Crippen LogP contribution < -0.4 is 5.32 Å². The molecule has 108 valence electrons. The zero-order valence-electron chi connectivity index (χ0n) is 12.3. The van der Waals surface area contributed by atoms with Gasteiger partial charge in [0.1, 0.15) is 0 Å².